The molecule has 1 amide bonds. The van der Waals surface area contributed by atoms with Crippen LogP contribution in [0.4, 0.5) is 0 Å². The van der Waals surface area contributed by atoms with Crippen LogP contribution in [0, 0.1) is 0 Å². The van der Waals surface area contributed by atoms with Crippen LogP contribution >= 0.6 is 0 Å². The number of amides is 1. The van der Waals surface area contributed by atoms with Gasteiger partial charge in [0.2, 0.25) is 0 Å². The molecule has 0 fully saturated rings. The second kappa shape index (κ2) is 14.0. The average molecular weight is 489 g/mol. The summed E-state index contributed by atoms with van der Waals surface area (Å²) in [6, 6.07) is 17.7. The van der Waals surface area contributed by atoms with Gasteiger partial charge >= 0.3 is 5.97 Å². The third-order valence-corrected chi connectivity index (χ3v) is 6.17. The number of aliphatic carboxylic acids is 1. The van der Waals surface area contributed by atoms with Crippen molar-refractivity contribution in [2.24, 2.45) is 0 Å². The molecule has 0 unspecified atom stereocenters. The van der Waals surface area contributed by atoms with Crippen LogP contribution < -0.4 is 10.1 Å². The van der Waals surface area contributed by atoms with Gasteiger partial charge < -0.3 is 15.2 Å². The number of ether oxygens (including phenoxy) is 1. The first-order valence-electron chi connectivity index (χ1n) is 12.8. The highest BCUT2D eigenvalue weighted by molar-refractivity contribution is 5.94. The summed E-state index contributed by atoms with van der Waals surface area (Å²) in [6.07, 6.45) is 9.95. The number of benzene rings is 2. The molecule has 1 heterocycles. The van der Waals surface area contributed by atoms with E-state index in [1.54, 1.807) is 24.3 Å². The maximum absolute atomic E-state index is 12.2. The van der Waals surface area contributed by atoms with Gasteiger partial charge in [-0.2, -0.15) is 0 Å². The predicted octanol–water partition coefficient (Wildman–Crippen LogP) is 6.61. The molecule has 6 nitrogen and oxygen atoms in total. The monoisotopic (exact) mass is 488 g/mol. The largest absolute Gasteiger partial charge is 0.486 e. The molecular weight excluding hydrogens is 452 g/mol. The molecule has 0 saturated carbocycles. The molecule has 3 rings (SSSR count). The first-order chi connectivity index (χ1) is 17.5. The minimum atomic E-state index is -0.944. The van der Waals surface area contributed by atoms with Crippen LogP contribution in [0.15, 0.2) is 67.0 Å². The normalized spacial score (nSPS) is 11.6. The third-order valence-electron chi connectivity index (χ3n) is 6.17. The van der Waals surface area contributed by atoms with Crippen molar-refractivity contribution in [3.63, 3.8) is 0 Å². The van der Waals surface area contributed by atoms with E-state index in [0.29, 0.717) is 11.3 Å². The van der Waals surface area contributed by atoms with Crippen molar-refractivity contribution in [2.75, 3.05) is 6.54 Å². The zero-order valence-corrected chi connectivity index (χ0v) is 21.2. The van der Waals surface area contributed by atoms with E-state index >= 15 is 0 Å². The van der Waals surface area contributed by atoms with Crippen molar-refractivity contribution in [3.05, 3.63) is 83.7 Å². The molecule has 0 aliphatic carbocycles. The van der Waals surface area contributed by atoms with E-state index in [1.165, 1.54) is 18.4 Å². The van der Waals surface area contributed by atoms with Crippen LogP contribution in [0.3, 0.4) is 0 Å². The number of carbonyl (C=O) groups is 2. The van der Waals surface area contributed by atoms with Crippen LogP contribution in [0.25, 0.3) is 11.1 Å². The number of rotatable bonds is 14. The highest BCUT2D eigenvalue weighted by Gasteiger charge is 2.16. The number of aryl methyl sites for hydroxylation is 1. The number of carboxylic acids is 1. The number of hydrogen-bond acceptors (Lipinski definition) is 4. The van der Waals surface area contributed by atoms with E-state index in [4.69, 9.17) is 9.84 Å². The molecule has 0 spiro atoms. The maximum Gasteiger partial charge on any atom is 0.305 e. The Labute approximate surface area is 213 Å². The van der Waals surface area contributed by atoms with Crippen molar-refractivity contribution in [2.45, 2.75) is 64.9 Å². The van der Waals surface area contributed by atoms with Gasteiger partial charge in [-0.25, -0.2) is 0 Å². The lowest BCUT2D eigenvalue weighted by Crippen LogP contribution is -2.25. The summed E-state index contributed by atoms with van der Waals surface area (Å²) in [4.78, 5) is 27.4. The summed E-state index contributed by atoms with van der Waals surface area (Å²) in [6.45, 7) is 4.44. The fourth-order valence-electron chi connectivity index (χ4n) is 4.01. The molecule has 0 saturated heterocycles. The number of carbonyl (C=O) groups excluding carboxylic acids is 1. The van der Waals surface area contributed by atoms with Crippen LogP contribution in [-0.2, 0) is 11.2 Å². The summed E-state index contributed by atoms with van der Waals surface area (Å²) in [5.41, 5.74) is 4.99. The van der Waals surface area contributed by atoms with E-state index in [-0.39, 0.29) is 25.0 Å². The van der Waals surface area contributed by atoms with Gasteiger partial charge in [-0.15, -0.1) is 0 Å². The third kappa shape index (κ3) is 8.22. The number of pyridine rings is 1. The summed E-state index contributed by atoms with van der Waals surface area (Å²) in [5, 5.41) is 11.3. The van der Waals surface area contributed by atoms with Gasteiger partial charge in [-0.05, 0) is 60.7 Å². The molecule has 1 aromatic heterocycles. The SMILES string of the molecule is CCCCCC[C@@H](Oc1ccc(C(=O)NCCC(=O)O)cc1)c1cncc(-c2ccc(CC)cc2)c1. The average Bonchev–Trinajstić information content (AvgIpc) is 2.90. The lowest BCUT2D eigenvalue weighted by Gasteiger charge is -2.20. The molecule has 36 heavy (non-hydrogen) atoms. The Morgan fingerprint density at radius 1 is 0.944 bits per heavy atom. The summed E-state index contributed by atoms with van der Waals surface area (Å²) < 4.78 is 6.41. The Bertz CT molecular complexity index is 1110. The topological polar surface area (TPSA) is 88.5 Å². The summed E-state index contributed by atoms with van der Waals surface area (Å²) in [5.74, 6) is -0.569. The fraction of sp³-hybridized carbons (Fsp3) is 0.367. The smallest absolute Gasteiger partial charge is 0.305 e. The van der Waals surface area contributed by atoms with E-state index in [2.05, 4.69) is 54.5 Å². The maximum atomic E-state index is 12.2. The minimum absolute atomic E-state index is 0.0940. The lowest BCUT2D eigenvalue weighted by molar-refractivity contribution is -0.136. The van der Waals surface area contributed by atoms with Gasteiger partial charge in [0, 0.05) is 35.6 Å². The number of nitrogens with one attached hydrogen (secondary N) is 1. The van der Waals surface area contributed by atoms with E-state index in [1.807, 2.05) is 12.4 Å². The van der Waals surface area contributed by atoms with Gasteiger partial charge in [0.05, 0.1) is 6.42 Å². The zero-order valence-electron chi connectivity index (χ0n) is 21.2. The Morgan fingerprint density at radius 3 is 2.36 bits per heavy atom. The number of carboxylic acid groups (broad SMARTS) is 1. The lowest BCUT2D eigenvalue weighted by atomic mass is 9.99. The molecule has 2 aromatic carbocycles. The predicted molar refractivity (Wildman–Crippen MR) is 142 cm³/mol. The van der Waals surface area contributed by atoms with Crippen LogP contribution in [0.1, 0.15) is 80.0 Å². The zero-order chi connectivity index (χ0) is 25.8. The number of nitrogens with zero attached hydrogens (tertiary/aromatic N) is 1. The summed E-state index contributed by atoms with van der Waals surface area (Å²) >= 11 is 0. The van der Waals surface area contributed by atoms with E-state index < -0.39 is 5.97 Å². The number of unbranched alkanes of at least 4 members (excludes halogenated alkanes) is 3. The van der Waals surface area contributed by atoms with Crippen LogP contribution in [0.2, 0.25) is 0 Å². The van der Waals surface area contributed by atoms with Crippen molar-refractivity contribution in [1.29, 1.82) is 0 Å². The van der Waals surface area contributed by atoms with Gasteiger partial charge in [0.25, 0.3) is 5.91 Å². The van der Waals surface area contributed by atoms with E-state index in [9.17, 15) is 9.59 Å². The molecule has 3 aromatic rings. The quantitative estimate of drug-likeness (QED) is 0.249. The van der Waals surface area contributed by atoms with Crippen LogP contribution in [-0.4, -0.2) is 28.5 Å². The first-order valence-corrected chi connectivity index (χ1v) is 12.8. The molecule has 0 aliphatic heterocycles. The Hall–Kier alpha value is -3.67. The van der Waals surface area contributed by atoms with Crippen LogP contribution in [0.5, 0.6) is 5.75 Å². The second-order valence-corrected chi connectivity index (χ2v) is 8.94. The van der Waals surface area contributed by atoms with Gasteiger partial charge in [-0.3, -0.25) is 14.6 Å². The Morgan fingerprint density at radius 2 is 1.69 bits per heavy atom. The van der Waals surface area contributed by atoms with Gasteiger partial charge in [0.15, 0.2) is 0 Å². The minimum Gasteiger partial charge on any atom is -0.486 e. The standard InChI is InChI=1S/C30H36N2O4/c1-3-5-6-7-8-28(26-19-25(20-31-21-26)23-11-9-22(4-2)10-12-23)36-27-15-13-24(14-16-27)30(35)32-18-17-29(33)34/h9-16,19-21,28H,3-8,17-18H2,1-2H3,(H,32,35)(H,33,34)/t28-/m1/s1. The number of hydrogen-bond donors (Lipinski definition) is 2. The summed E-state index contributed by atoms with van der Waals surface area (Å²) in [7, 11) is 0. The van der Waals surface area contributed by atoms with E-state index in [0.717, 1.165) is 42.4 Å². The van der Waals surface area contributed by atoms with Crippen molar-refractivity contribution >= 4 is 11.9 Å². The molecule has 0 aliphatic rings. The molecule has 0 radical (unpaired) electrons. The Balaban J connectivity index is 1.74. The molecule has 1 atom stereocenters. The highest BCUT2D eigenvalue weighted by atomic mass is 16.5. The molecule has 0 bridgehead atoms. The molecule has 190 valence electrons. The molecule has 6 heteroatoms. The van der Waals surface area contributed by atoms with Crippen molar-refractivity contribution in [1.82, 2.24) is 10.3 Å². The van der Waals surface area contributed by atoms with Gasteiger partial charge in [0.1, 0.15) is 11.9 Å². The first kappa shape index (κ1) is 26.9. The Kier molecular flexibility index (Phi) is 10.5. The van der Waals surface area contributed by atoms with Gasteiger partial charge in [-0.1, -0.05) is 57.4 Å². The molecular formula is C30H36N2O4. The molecule has 2 N–H and O–H groups in total. The van der Waals surface area contributed by atoms with Crippen molar-refractivity contribution in [3.8, 4) is 16.9 Å². The fourth-order valence-corrected chi connectivity index (χ4v) is 4.01. The van der Waals surface area contributed by atoms with Crippen molar-refractivity contribution < 1.29 is 19.4 Å². The number of aromatic nitrogens is 1. The second-order valence-electron chi connectivity index (χ2n) is 8.94. The highest BCUT2D eigenvalue weighted by Crippen LogP contribution is 2.30.